The Morgan fingerprint density at radius 3 is 2.50 bits per heavy atom. The molecule has 0 aliphatic heterocycles. The molecule has 1 amide bonds. The lowest BCUT2D eigenvalue weighted by molar-refractivity contribution is -0.147. The molecule has 0 saturated heterocycles. The van der Waals surface area contributed by atoms with Crippen LogP contribution in [0.15, 0.2) is 24.3 Å². The molecule has 0 aliphatic rings. The van der Waals surface area contributed by atoms with E-state index in [4.69, 9.17) is 9.84 Å². The van der Waals surface area contributed by atoms with E-state index in [1.165, 1.54) is 19.2 Å². The summed E-state index contributed by atoms with van der Waals surface area (Å²) < 4.78 is 32.2. The van der Waals surface area contributed by atoms with Gasteiger partial charge in [0.05, 0.1) is 7.11 Å². The molecule has 6 heteroatoms. The van der Waals surface area contributed by atoms with Crippen LogP contribution < -0.4 is 10.1 Å². The first-order valence-corrected chi connectivity index (χ1v) is 5.44. The van der Waals surface area contributed by atoms with Gasteiger partial charge >= 0.3 is 5.92 Å². The van der Waals surface area contributed by atoms with Crippen molar-refractivity contribution in [3.63, 3.8) is 0 Å². The summed E-state index contributed by atoms with van der Waals surface area (Å²) in [5, 5.41) is 10.6. The number of carbonyl (C=O) groups is 1. The maximum absolute atomic E-state index is 13.7. The largest absolute Gasteiger partial charge is 0.497 e. The van der Waals surface area contributed by atoms with Crippen LogP contribution in [-0.2, 0) is 10.7 Å². The molecule has 1 rings (SSSR count). The van der Waals surface area contributed by atoms with Crippen molar-refractivity contribution in [2.45, 2.75) is 12.3 Å². The predicted molar refractivity (Wildman–Crippen MR) is 61.6 cm³/mol. The second-order valence-corrected chi connectivity index (χ2v) is 3.64. The van der Waals surface area contributed by atoms with E-state index in [-0.39, 0.29) is 19.6 Å². The van der Waals surface area contributed by atoms with Crippen LogP contribution in [0.3, 0.4) is 0 Å². The number of halogens is 2. The number of amides is 1. The zero-order valence-electron chi connectivity index (χ0n) is 9.95. The lowest BCUT2D eigenvalue weighted by Crippen LogP contribution is -2.38. The van der Waals surface area contributed by atoms with Crippen molar-refractivity contribution in [1.29, 1.82) is 0 Å². The SMILES string of the molecule is COc1ccc(C(F)(F)C(=O)NCCCO)cc1. The molecule has 1 aromatic rings. The van der Waals surface area contributed by atoms with E-state index >= 15 is 0 Å². The third-order valence-electron chi connectivity index (χ3n) is 2.36. The lowest BCUT2D eigenvalue weighted by Gasteiger charge is -2.16. The van der Waals surface area contributed by atoms with E-state index < -0.39 is 17.4 Å². The first kappa shape index (κ1) is 14.4. The van der Waals surface area contributed by atoms with Gasteiger partial charge in [-0.1, -0.05) is 0 Å². The van der Waals surface area contributed by atoms with Crippen molar-refractivity contribution in [1.82, 2.24) is 5.32 Å². The number of carbonyl (C=O) groups excluding carboxylic acids is 1. The molecule has 0 heterocycles. The average molecular weight is 259 g/mol. The highest BCUT2D eigenvalue weighted by molar-refractivity contribution is 5.84. The number of benzene rings is 1. The smallest absolute Gasteiger partial charge is 0.349 e. The summed E-state index contributed by atoms with van der Waals surface area (Å²) in [5.41, 5.74) is -0.398. The van der Waals surface area contributed by atoms with E-state index in [0.29, 0.717) is 5.75 Å². The molecule has 0 atom stereocenters. The van der Waals surface area contributed by atoms with Crippen LogP contribution in [0, 0.1) is 0 Å². The fraction of sp³-hybridized carbons (Fsp3) is 0.417. The lowest BCUT2D eigenvalue weighted by atomic mass is 10.1. The van der Waals surface area contributed by atoms with Crippen LogP contribution in [0.25, 0.3) is 0 Å². The van der Waals surface area contributed by atoms with Crippen LogP contribution in [0.2, 0.25) is 0 Å². The van der Waals surface area contributed by atoms with Gasteiger partial charge in [0.25, 0.3) is 5.91 Å². The molecule has 100 valence electrons. The molecular formula is C12H15F2NO3. The molecule has 1 aromatic carbocycles. The molecule has 0 aliphatic carbocycles. The van der Waals surface area contributed by atoms with E-state index in [1.807, 2.05) is 0 Å². The van der Waals surface area contributed by atoms with Gasteiger partial charge in [-0.3, -0.25) is 4.79 Å². The van der Waals surface area contributed by atoms with E-state index in [0.717, 1.165) is 12.1 Å². The minimum absolute atomic E-state index is 0.0150. The summed E-state index contributed by atoms with van der Waals surface area (Å²) in [6.07, 6.45) is 0.241. The number of rotatable bonds is 6. The van der Waals surface area contributed by atoms with Gasteiger partial charge in [-0.05, 0) is 30.7 Å². The molecular weight excluding hydrogens is 244 g/mol. The molecule has 4 nitrogen and oxygen atoms in total. The van der Waals surface area contributed by atoms with E-state index in [1.54, 1.807) is 0 Å². The Kier molecular flexibility index (Phi) is 5.03. The fourth-order valence-electron chi connectivity index (χ4n) is 1.32. The summed E-state index contributed by atoms with van der Waals surface area (Å²) in [4.78, 5) is 11.3. The average Bonchev–Trinajstić information content (AvgIpc) is 2.39. The summed E-state index contributed by atoms with van der Waals surface area (Å²) in [6.45, 7) is -0.143. The first-order chi connectivity index (χ1) is 8.52. The molecule has 0 fully saturated rings. The summed E-state index contributed by atoms with van der Waals surface area (Å²) in [6, 6.07) is 5.02. The third kappa shape index (κ3) is 3.40. The highest BCUT2D eigenvalue weighted by Crippen LogP contribution is 2.29. The quantitative estimate of drug-likeness (QED) is 0.757. The highest BCUT2D eigenvalue weighted by Gasteiger charge is 2.40. The van der Waals surface area contributed by atoms with E-state index in [9.17, 15) is 13.6 Å². The second kappa shape index (κ2) is 6.30. The Balaban J connectivity index is 2.74. The van der Waals surface area contributed by atoms with Gasteiger partial charge in [0, 0.05) is 18.7 Å². The Labute approximate surface area is 104 Å². The van der Waals surface area contributed by atoms with Crippen LogP contribution >= 0.6 is 0 Å². The Morgan fingerprint density at radius 1 is 1.39 bits per heavy atom. The van der Waals surface area contributed by atoms with Gasteiger partial charge in [0.15, 0.2) is 0 Å². The van der Waals surface area contributed by atoms with Gasteiger partial charge in [-0.15, -0.1) is 0 Å². The van der Waals surface area contributed by atoms with Gasteiger partial charge < -0.3 is 15.2 Å². The molecule has 18 heavy (non-hydrogen) atoms. The summed E-state index contributed by atoms with van der Waals surface area (Å²) in [5.74, 6) is -4.53. The van der Waals surface area contributed by atoms with E-state index in [2.05, 4.69) is 5.32 Å². The van der Waals surface area contributed by atoms with Crippen molar-refractivity contribution < 1.29 is 23.4 Å². The number of aliphatic hydroxyl groups is 1. The topological polar surface area (TPSA) is 58.6 Å². The van der Waals surface area contributed by atoms with Crippen molar-refractivity contribution in [2.24, 2.45) is 0 Å². The highest BCUT2D eigenvalue weighted by atomic mass is 19.3. The van der Waals surface area contributed by atoms with Crippen molar-refractivity contribution >= 4 is 5.91 Å². The predicted octanol–water partition coefficient (Wildman–Crippen LogP) is 1.29. The Morgan fingerprint density at radius 2 is 2.00 bits per heavy atom. The second-order valence-electron chi connectivity index (χ2n) is 3.64. The molecule has 0 aromatic heterocycles. The van der Waals surface area contributed by atoms with Crippen molar-refractivity contribution in [3.05, 3.63) is 29.8 Å². The molecule has 0 bridgehead atoms. The first-order valence-electron chi connectivity index (χ1n) is 5.44. The number of alkyl halides is 2. The molecule has 0 saturated carbocycles. The number of nitrogens with one attached hydrogen (secondary N) is 1. The minimum atomic E-state index is -3.60. The maximum Gasteiger partial charge on any atom is 0.349 e. The fourth-order valence-corrected chi connectivity index (χ4v) is 1.32. The zero-order chi connectivity index (χ0) is 13.6. The number of methoxy groups -OCH3 is 1. The number of hydrogen-bond donors (Lipinski definition) is 2. The van der Waals surface area contributed by atoms with Gasteiger partial charge in [-0.2, -0.15) is 8.78 Å². The molecule has 0 spiro atoms. The maximum atomic E-state index is 13.7. The monoisotopic (exact) mass is 259 g/mol. The normalized spacial score (nSPS) is 11.1. The number of aliphatic hydroxyl groups excluding tert-OH is 1. The molecule has 2 N–H and O–H groups in total. The van der Waals surface area contributed by atoms with Crippen LogP contribution in [-0.4, -0.2) is 31.3 Å². The summed E-state index contributed by atoms with van der Waals surface area (Å²) in [7, 11) is 1.43. The van der Waals surface area contributed by atoms with Crippen molar-refractivity contribution in [2.75, 3.05) is 20.3 Å². The number of ether oxygens (including phenoxy) is 1. The minimum Gasteiger partial charge on any atom is -0.497 e. The van der Waals surface area contributed by atoms with Gasteiger partial charge in [-0.25, -0.2) is 0 Å². The molecule has 0 radical (unpaired) electrons. The Bertz CT molecular complexity index is 393. The Hall–Kier alpha value is -1.69. The zero-order valence-corrected chi connectivity index (χ0v) is 9.95. The van der Waals surface area contributed by atoms with Crippen LogP contribution in [0.4, 0.5) is 8.78 Å². The third-order valence-corrected chi connectivity index (χ3v) is 2.36. The van der Waals surface area contributed by atoms with Crippen LogP contribution in [0.1, 0.15) is 12.0 Å². The number of hydrogen-bond acceptors (Lipinski definition) is 3. The standard InChI is InChI=1S/C12H15F2NO3/c1-18-10-5-3-9(4-6-10)12(13,14)11(17)15-7-2-8-16/h3-6,16H,2,7-8H2,1H3,(H,15,17). The van der Waals surface area contributed by atoms with Gasteiger partial charge in [0.1, 0.15) is 5.75 Å². The summed E-state index contributed by atoms with van der Waals surface area (Å²) >= 11 is 0. The van der Waals surface area contributed by atoms with Gasteiger partial charge in [0.2, 0.25) is 0 Å². The van der Waals surface area contributed by atoms with Crippen molar-refractivity contribution in [3.8, 4) is 5.75 Å². The van der Waals surface area contributed by atoms with Crippen LogP contribution in [0.5, 0.6) is 5.75 Å². The molecule has 0 unspecified atom stereocenters.